The zero-order chi connectivity index (χ0) is 24.8. The second-order valence-corrected chi connectivity index (χ2v) is 12.5. The molecule has 0 aromatic carbocycles. The Balaban J connectivity index is 3.53. The van der Waals surface area contributed by atoms with E-state index < -0.39 is 7.60 Å². The molecular formula is C26H57NO5P+. The fraction of sp³-hybridized carbons (Fsp3) is 1.00. The lowest BCUT2D eigenvalue weighted by Crippen LogP contribution is -2.37. The van der Waals surface area contributed by atoms with Crippen LogP contribution in [0, 0.1) is 0 Å². The maximum atomic E-state index is 12.2. The van der Waals surface area contributed by atoms with Crippen molar-refractivity contribution in [2.75, 3.05) is 60.8 Å². The molecule has 0 aliphatic heterocycles. The Hall–Kier alpha value is 0.0300. The standard InChI is InChI=1S/C26H56NO5P/c1-6-7-8-9-10-11-12-13-14-15-16-17-18-19-22-31-25-26(30-5)20-24-33(28,29)32-23-21-27(2,3)4/h26H,6-25H2,1-5H3/p+1/t26-/m1/s1. The van der Waals surface area contributed by atoms with Crippen molar-refractivity contribution in [2.45, 2.75) is 109 Å². The van der Waals surface area contributed by atoms with Gasteiger partial charge < -0.3 is 23.4 Å². The third-order valence-electron chi connectivity index (χ3n) is 6.07. The predicted molar refractivity (Wildman–Crippen MR) is 140 cm³/mol. The highest BCUT2D eigenvalue weighted by molar-refractivity contribution is 7.52. The quantitative estimate of drug-likeness (QED) is 0.0859. The van der Waals surface area contributed by atoms with Crippen LogP contribution in [-0.4, -0.2) is 76.3 Å². The zero-order valence-corrected chi connectivity index (χ0v) is 23.6. The molecule has 0 amide bonds. The van der Waals surface area contributed by atoms with Crippen molar-refractivity contribution in [3.63, 3.8) is 0 Å². The predicted octanol–water partition coefficient (Wildman–Crippen LogP) is 6.80. The minimum Gasteiger partial charge on any atom is -0.379 e. The first-order valence-corrected chi connectivity index (χ1v) is 15.3. The van der Waals surface area contributed by atoms with Crippen molar-refractivity contribution in [3.8, 4) is 0 Å². The van der Waals surface area contributed by atoms with Crippen molar-refractivity contribution in [3.05, 3.63) is 0 Å². The van der Waals surface area contributed by atoms with Crippen molar-refractivity contribution in [1.82, 2.24) is 0 Å². The van der Waals surface area contributed by atoms with E-state index in [-0.39, 0.29) is 18.9 Å². The Morgan fingerprint density at radius 3 is 1.73 bits per heavy atom. The highest BCUT2D eigenvalue weighted by Gasteiger charge is 2.23. The fourth-order valence-electron chi connectivity index (χ4n) is 3.71. The molecule has 0 aromatic rings. The maximum absolute atomic E-state index is 12.2. The number of nitrogens with zero attached hydrogens (tertiary/aromatic N) is 1. The van der Waals surface area contributed by atoms with E-state index in [0.717, 1.165) is 13.0 Å². The van der Waals surface area contributed by atoms with Crippen LogP contribution in [0.15, 0.2) is 0 Å². The summed E-state index contributed by atoms with van der Waals surface area (Å²) in [5, 5.41) is 0. The van der Waals surface area contributed by atoms with Crippen LogP contribution in [0.4, 0.5) is 0 Å². The highest BCUT2D eigenvalue weighted by atomic mass is 31.2. The van der Waals surface area contributed by atoms with Gasteiger partial charge in [-0.1, -0.05) is 90.4 Å². The molecule has 0 saturated heterocycles. The number of hydrogen-bond acceptors (Lipinski definition) is 4. The SMILES string of the molecule is CCCCCCCCCCCCCCCCOC[C@@H](CCP(=O)(O)OCC[N+](C)(C)C)OC. The Kier molecular flexibility index (Phi) is 21.3. The molecule has 0 spiro atoms. The van der Waals surface area contributed by atoms with Gasteiger partial charge in [0.15, 0.2) is 0 Å². The minimum absolute atomic E-state index is 0.102. The zero-order valence-electron chi connectivity index (χ0n) is 22.7. The maximum Gasteiger partial charge on any atom is 0.328 e. The van der Waals surface area contributed by atoms with E-state index in [1.54, 1.807) is 7.11 Å². The molecule has 0 aliphatic carbocycles. The van der Waals surface area contributed by atoms with Crippen LogP contribution >= 0.6 is 7.60 Å². The van der Waals surface area contributed by atoms with E-state index in [1.807, 2.05) is 21.1 Å². The lowest BCUT2D eigenvalue weighted by atomic mass is 10.0. The average Bonchev–Trinajstić information content (AvgIpc) is 2.74. The minimum atomic E-state index is -3.57. The van der Waals surface area contributed by atoms with Gasteiger partial charge in [0.05, 0.1) is 40.0 Å². The summed E-state index contributed by atoms with van der Waals surface area (Å²) in [6.07, 6.45) is 19.3. The molecule has 0 radical (unpaired) electrons. The lowest BCUT2D eigenvalue weighted by Gasteiger charge is -2.24. The highest BCUT2D eigenvalue weighted by Crippen LogP contribution is 2.42. The van der Waals surface area contributed by atoms with E-state index in [1.165, 1.54) is 83.5 Å². The molecule has 7 heteroatoms. The Bertz CT molecular complexity index is 470. The summed E-state index contributed by atoms with van der Waals surface area (Å²) in [5.74, 6) is 0. The van der Waals surface area contributed by atoms with Gasteiger partial charge in [0.2, 0.25) is 0 Å². The van der Waals surface area contributed by atoms with Crippen LogP contribution < -0.4 is 0 Å². The van der Waals surface area contributed by atoms with Crippen LogP contribution in [0.2, 0.25) is 0 Å². The molecule has 0 bridgehead atoms. The van der Waals surface area contributed by atoms with E-state index in [4.69, 9.17) is 14.0 Å². The largest absolute Gasteiger partial charge is 0.379 e. The molecule has 1 unspecified atom stereocenters. The lowest BCUT2D eigenvalue weighted by molar-refractivity contribution is -0.870. The molecule has 0 saturated carbocycles. The van der Waals surface area contributed by atoms with E-state index >= 15 is 0 Å². The van der Waals surface area contributed by atoms with Crippen LogP contribution in [0.25, 0.3) is 0 Å². The second kappa shape index (κ2) is 21.3. The summed E-state index contributed by atoms with van der Waals surface area (Å²) in [4.78, 5) is 10.00. The van der Waals surface area contributed by atoms with Crippen LogP contribution in [0.1, 0.15) is 103 Å². The van der Waals surface area contributed by atoms with Gasteiger partial charge in [0.1, 0.15) is 13.2 Å². The summed E-state index contributed by atoms with van der Waals surface area (Å²) >= 11 is 0. The second-order valence-electron chi connectivity index (χ2n) is 10.5. The van der Waals surface area contributed by atoms with Gasteiger partial charge in [0, 0.05) is 13.7 Å². The molecule has 0 aromatic heterocycles. The molecule has 6 nitrogen and oxygen atoms in total. The van der Waals surface area contributed by atoms with Gasteiger partial charge in [-0.2, -0.15) is 0 Å². The molecule has 200 valence electrons. The number of methoxy groups -OCH3 is 1. The molecule has 2 atom stereocenters. The van der Waals surface area contributed by atoms with Gasteiger partial charge in [-0.15, -0.1) is 0 Å². The number of unbranched alkanes of at least 4 members (excludes halogenated alkanes) is 13. The summed E-state index contributed by atoms with van der Waals surface area (Å²) in [6.45, 7) is 4.45. The first-order chi connectivity index (χ1) is 15.7. The summed E-state index contributed by atoms with van der Waals surface area (Å²) in [6, 6.07) is 0. The number of quaternary nitrogens is 1. The van der Waals surface area contributed by atoms with Gasteiger partial charge in [-0.05, 0) is 12.8 Å². The normalized spacial score (nSPS) is 15.0. The van der Waals surface area contributed by atoms with Crippen molar-refractivity contribution in [2.24, 2.45) is 0 Å². The molecule has 0 heterocycles. The number of hydrogen-bond donors (Lipinski definition) is 1. The molecule has 1 N–H and O–H groups in total. The fourth-order valence-corrected chi connectivity index (χ4v) is 4.82. The first kappa shape index (κ1) is 33.0. The van der Waals surface area contributed by atoms with Gasteiger partial charge >= 0.3 is 7.60 Å². The van der Waals surface area contributed by atoms with Crippen LogP contribution in [-0.2, 0) is 18.6 Å². The van der Waals surface area contributed by atoms with Crippen LogP contribution in [0.5, 0.6) is 0 Å². The molecular weight excluding hydrogens is 437 g/mol. The topological polar surface area (TPSA) is 65.0 Å². The Morgan fingerprint density at radius 1 is 0.788 bits per heavy atom. The Labute approximate surface area is 205 Å². The van der Waals surface area contributed by atoms with E-state index in [9.17, 15) is 9.46 Å². The van der Waals surface area contributed by atoms with E-state index in [2.05, 4.69) is 6.92 Å². The molecule has 33 heavy (non-hydrogen) atoms. The summed E-state index contributed by atoms with van der Waals surface area (Å²) in [7, 11) is 4.15. The smallest absolute Gasteiger partial charge is 0.328 e. The number of rotatable bonds is 25. The first-order valence-electron chi connectivity index (χ1n) is 13.6. The number of ether oxygens (including phenoxy) is 2. The van der Waals surface area contributed by atoms with Crippen LogP contribution in [0.3, 0.4) is 0 Å². The van der Waals surface area contributed by atoms with E-state index in [0.29, 0.717) is 24.1 Å². The van der Waals surface area contributed by atoms with Crippen molar-refractivity contribution in [1.29, 1.82) is 0 Å². The third-order valence-corrected chi connectivity index (χ3v) is 7.48. The van der Waals surface area contributed by atoms with Gasteiger partial charge in [0.25, 0.3) is 0 Å². The van der Waals surface area contributed by atoms with Gasteiger partial charge in [-0.3, -0.25) is 4.57 Å². The summed E-state index contributed by atoms with van der Waals surface area (Å²) in [5.41, 5.74) is 0. The Morgan fingerprint density at radius 2 is 1.27 bits per heavy atom. The average molecular weight is 495 g/mol. The molecule has 0 fully saturated rings. The van der Waals surface area contributed by atoms with Gasteiger partial charge in [-0.25, -0.2) is 0 Å². The monoisotopic (exact) mass is 494 g/mol. The molecule has 0 rings (SSSR count). The summed E-state index contributed by atoms with van der Waals surface area (Å²) < 4.78 is 29.3. The third kappa shape index (κ3) is 24.9. The molecule has 0 aliphatic rings. The number of likely N-dealkylation sites (N-methyl/N-ethyl adjacent to an activating group) is 1. The van der Waals surface area contributed by atoms with Crippen molar-refractivity contribution < 1.29 is 27.9 Å². The van der Waals surface area contributed by atoms with Crippen molar-refractivity contribution >= 4 is 7.60 Å².